The van der Waals surface area contributed by atoms with Crippen LogP contribution in [0.2, 0.25) is 0 Å². The van der Waals surface area contributed by atoms with Gasteiger partial charge in [-0.25, -0.2) is 4.79 Å². The topological polar surface area (TPSA) is 53.0 Å². The van der Waals surface area contributed by atoms with E-state index in [1.54, 1.807) is 0 Å². The number of carboxylic acids is 1. The van der Waals surface area contributed by atoms with Crippen LogP contribution < -0.4 is 4.74 Å². The molecule has 1 aliphatic heterocycles. The molecule has 1 unspecified atom stereocenters. The Hall–Kier alpha value is -2.37. The van der Waals surface area contributed by atoms with Gasteiger partial charge in [-0.1, -0.05) is 61.7 Å². The Kier molecular flexibility index (Phi) is 7.60. The number of hydrogen-bond acceptors (Lipinski definition) is 4. The fourth-order valence-electron chi connectivity index (χ4n) is 5.08. The molecule has 1 saturated carbocycles. The summed E-state index contributed by atoms with van der Waals surface area (Å²) in [7, 11) is 0. The van der Waals surface area contributed by atoms with Crippen molar-refractivity contribution in [3.05, 3.63) is 65.7 Å². The minimum Gasteiger partial charge on any atom is -0.482 e. The highest BCUT2D eigenvalue weighted by atomic mass is 16.5. The van der Waals surface area contributed by atoms with Crippen molar-refractivity contribution in [2.45, 2.75) is 50.6 Å². The van der Waals surface area contributed by atoms with E-state index in [0.29, 0.717) is 11.8 Å². The van der Waals surface area contributed by atoms with Crippen molar-refractivity contribution < 1.29 is 14.6 Å². The van der Waals surface area contributed by atoms with Crippen LogP contribution in [0.1, 0.15) is 49.3 Å². The zero-order valence-corrected chi connectivity index (χ0v) is 18.3. The molecule has 0 radical (unpaired) electrons. The summed E-state index contributed by atoms with van der Waals surface area (Å²) in [6.45, 7) is 4.23. The minimum atomic E-state index is -0.958. The smallest absolute Gasteiger partial charge is 0.341 e. The van der Waals surface area contributed by atoms with Gasteiger partial charge in [-0.15, -0.1) is 0 Å². The molecule has 5 nitrogen and oxygen atoms in total. The van der Waals surface area contributed by atoms with Gasteiger partial charge in [0, 0.05) is 38.3 Å². The van der Waals surface area contributed by atoms with Crippen LogP contribution >= 0.6 is 0 Å². The summed E-state index contributed by atoms with van der Waals surface area (Å²) in [4.78, 5) is 16.1. The van der Waals surface area contributed by atoms with Crippen LogP contribution in [-0.4, -0.2) is 59.7 Å². The summed E-state index contributed by atoms with van der Waals surface area (Å²) in [5, 5.41) is 8.79. The maximum absolute atomic E-state index is 10.7. The van der Waals surface area contributed by atoms with E-state index < -0.39 is 5.97 Å². The monoisotopic (exact) mass is 422 g/mol. The lowest BCUT2D eigenvalue weighted by Gasteiger charge is -2.43. The van der Waals surface area contributed by atoms with Gasteiger partial charge in [0.25, 0.3) is 0 Å². The van der Waals surface area contributed by atoms with Crippen molar-refractivity contribution in [3.8, 4) is 5.75 Å². The first kappa shape index (κ1) is 21.8. The van der Waals surface area contributed by atoms with E-state index in [1.807, 2.05) is 12.1 Å². The van der Waals surface area contributed by atoms with Gasteiger partial charge in [0.2, 0.25) is 0 Å². The summed E-state index contributed by atoms with van der Waals surface area (Å²) < 4.78 is 5.28. The van der Waals surface area contributed by atoms with Crippen LogP contribution in [0.3, 0.4) is 0 Å². The highest BCUT2D eigenvalue weighted by Crippen LogP contribution is 2.29. The summed E-state index contributed by atoms with van der Waals surface area (Å²) in [6.07, 6.45) is 7.88. The third-order valence-corrected chi connectivity index (χ3v) is 6.78. The van der Waals surface area contributed by atoms with E-state index >= 15 is 0 Å². The Morgan fingerprint density at radius 3 is 2.26 bits per heavy atom. The third kappa shape index (κ3) is 6.08. The van der Waals surface area contributed by atoms with Crippen molar-refractivity contribution in [2.75, 3.05) is 32.8 Å². The number of carbonyl (C=O) groups is 1. The molecule has 2 aromatic carbocycles. The molecule has 1 aliphatic carbocycles. The van der Waals surface area contributed by atoms with E-state index in [1.165, 1.54) is 43.2 Å². The van der Waals surface area contributed by atoms with Crippen molar-refractivity contribution in [1.82, 2.24) is 9.80 Å². The molecule has 0 bridgehead atoms. The predicted molar refractivity (Wildman–Crippen MR) is 122 cm³/mol. The van der Waals surface area contributed by atoms with Gasteiger partial charge in [0.1, 0.15) is 5.75 Å². The second kappa shape index (κ2) is 10.8. The molecular formula is C26H34N2O3. The first-order valence-electron chi connectivity index (χ1n) is 11.7. The van der Waals surface area contributed by atoms with Crippen molar-refractivity contribution in [3.63, 3.8) is 0 Å². The molecule has 2 aliphatic rings. The first-order chi connectivity index (χ1) is 15.2. The van der Waals surface area contributed by atoms with E-state index in [2.05, 4.69) is 52.3 Å². The Labute approximate surface area is 185 Å². The van der Waals surface area contributed by atoms with Crippen LogP contribution in [0.4, 0.5) is 0 Å². The van der Waals surface area contributed by atoms with Crippen molar-refractivity contribution >= 4 is 5.97 Å². The summed E-state index contributed by atoms with van der Waals surface area (Å²) in [5.41, 5.74) is 2.60. The molecule has 2 fully saturated rings. The lowest BCUT2D eigenvalue weighted by atomic mass is 9.93. The van der Waals surface area contributed by atoms with E-state index in [-0.39, 0.29) is 6.61 Å². The predicted octanol–water partition coefficient (Wildman–Crippen LogP) is 4.38. The summed E-state index contributed by atoms with van der Waals surface area (Å²) in [6, 6.07) is 19.8. The van der Waals surface area contributed by atoms with Gasteiger partial charge in [0.05, 0.1) is 0 Å². The molecule has 4 rings (SSSR count). The van der Waals surface area contributed by atoms with Crippen LogP contribution in [0.15, 0.2) is 54.6 Å². The standard InChI is InChI=1S/C26H34N2O3/c29-26(30)20-31-24-13-11-21(12-14-24)19-25(22-7-3-1-4-8-22)28-17-15-27(16-18-28)23-9-5-2-6-10-23/h1,3-4,7-8,11-14,23,25H,2,5-6,9-10,15-20H2,(H,29,30). The van der Waals surface area contributed by atoms with Gasteiger partial charge in [-0.05, 0) is 42.5 Å². The lowest BCUT2D eigenvalue weighted by Crippen LogP contribution is -2.51. The number of piperazine rings is 1. The molecule has 0 spiro atoms. The number of aliphatic carboxylic acids is 1. The van der Waals surface area contributed by atoms with Gasteiger partial charge in [-0.2, -0.15) is 0 Å². The molecule has 31 heavy (non-hydrogen) atoms. The fourth-order valence-corrected chi connectivity index (χ4v) is 5.08. The van der Waals surface area contributed by atoms with Crippen LogP contribution in [0, 0.1) is 0 Å². The maximum atomic E-state index is 10.7. The van der Waals surface area contributed by atoms with E-state index in [0.717, 1.165) is 38.6 Å². The molecule has 0 amide bonds. The summed E-state index contributed by atoms with van der Waals surface area (Å²) in [5.74, 6) is -0.357. The Morgan fingerprint density at radius 1 is 0.935 bits per heavy atom. The van der Waals surface area contributed by atoms with E-state index in [4.69, 9.17) is 9.84 Å². The number of ether oxygens (including phenoxy) is 1. The number of benzene rings is 2. The SMILES string of the molecule is O=C(O)COc1ccc(CC(c2ccccc2)N2CCN(C3CCCCC3)CC2)cc1. The van der Waals surface area contributed by atoms with Crippen LogP contribution in [-0.2, 0) is 11.2 Å². The second-order valence-electron chi connectivity index (χ2n) is 8.82. The van der Waals surface area contributed by atoms with Gasteiger partial charge in [-0.3, -0.25) is 9.80 Å². The quantitative estimate of drug-likeness (QED) is 0.684. The Bertz CT molecular complexity index is 810. The first-order valence-corrected chi connectivity index (χ1v) is 11.7. The molecule has 1 atom stereocenters. The maximum Gasteiger partial charge on any atom is 0.341 e. The van der Waals surface area contributed by atoms with E-state index in [9.17, 15) is 4.79 Å². The van der Waals surface area contributed by atoms with Crippen LogP contribution in [0.25, 0.3) is 0 Å². The second-order valence-corrected chi connectivity index (χ2v) is 8.82. The zero-order valence-electron chi connectivity index (χ0n) is 18.3. The largest absolute Gasteiger partial charge is 0.482 e. The van der Waals surface area contributed by atoms with Gasteiger partial charge >= 0.3 is 5.97 Å². The highest BCUT2D eigenvalue weighted by molar-refractivity contribution is 5.68. The third-order valence-electron chi connectivity index (χ3n) is 6.78. The van der Waals surface area contributed by atoms with Crippen molar-refractivity contribution in [1.29, 1.82) is 0 Å². The molecule has 5 heteroatoms. The average molecular weight is 423 g/mol. The number of hydrogen-bond donors (Lipinski definition) is 1. The molecular weight excluding hydrogens is 388 g/mol. The summed E-state index contributed by atoms with van der Waals surface area (Å²) >= 11 is 0. The average Bonchev–Trinajstić information content (AvgIpc) is 2.83. The molecule has 1 saturated heterocycles. The molecule has 2 aromatic rings. The Morgan fingerprint density at radius 2 is 1.61 bits per heavy atom. The Balaban J connectivity index is 1.41. The van der Waals surface area contributed by atoms with Crippen molar-refractivity contribution in [2.24, 2.45) is 0 Å². The number of carboxylic acid groups (broad SMARTS) is 1. The highest BCUT2D eigenvalue weighted by Gasteiger charge is 2.29. The van der Waals surface area contributed by atoms with Gasteiger partial charge in [0.15, 0.2) is 6.61 Å². The molecule has 1 heterocycles. The lowest BCUT2D eigenvalue weighted by molar-refractivity contribution is -0.139. The zero-order chi connectivity index (χ0) is 21.5. The number of rotatable bonds is 8. The molecule has 166 valence electrons. The molecule has 0 aromatic heterocycles. The molecule has 1 N–H and O–H groups in total. The minimum absolute atomic E-state index is 0.308. The number of nitrogens with zero attached hydrogens (tertiary/aromatic N) is 2. The van der Waals surface area contributed by atoms with Crippen LogP contribution in [0.5, 0.6) is 5.75 Å². The fraction of sp³-hybridized carbons (Fsp3) is 0.500. The normalized spacial score (nSPS) is 19.7. The van der Waals surface area contributed by atoms with Gasteiger partial charge < -0.3 is 9.84 Å².